The standard InChI is InChI=1S/C10H13BrN2/c1-2-10(12)13-7-8-4-3-5-9(11)6-8/h3-6H,2,7H2,1H3,(H2,12,13). The third-order valence-electron chi connectivity index (χ3n) is 1.75. The van der Waals surface area contributed by atoms with E-state index in [0.29, 0.717) is 5.84 Å². The van der Waals surface area contributed by atoms with Crippen molar-refractivity contribution in [1.29, 1.82) is 5.41 Å². The van der Waals surface area contributed by atoms with Crippen LogP contribution in [0.3, 0.4) is 0 Å². The van der Waals surface area contributed by atoms with Crippen LogP contribution in [0.15, 0.2) is 28.7 Å². The molecule has 13 heavy (non-hydrogen) atoms. The molecule has 0 unspecified atom stereocenters. The Bertz CT molecular complexity index is 297. The lowest BCUT2D eigenvalue weighted by molar-refractivity contribution is 0.880. The highest BCUT2D eigenvalue weighted by atomic mass is 79.9. The number of nitrogens with one attached hydrogen (secondary N) is 2. The summed E-state index contributed by atoms with van der Waals surface area (Å²) < 4.78 is 1.08. The first kappa shape index (κ1) is 10.3. The molecule has 70 valence electrons. The fourth-order valence-corrected chi connectivity index (χ4v) is 1.43. The smallest absolute Gasteiger partial charge is 0.0931 e. The normalized spacial score (nSPS) is 9.69. The SMILES string of the molecule is CCC(=N)NCc1cccc(Br)c1. The van der Waals surface area contributed by atoms with Crippen molar-refractivity contribution in [3.63, 3.8) is 0 Å². The molecule has 0 spiro atoms. The fraction of sp³-hybridized carbons (Fsp3) is 0.300. The Morgan fingerprint density at radius 1 is 1.54 bits per heavy atom. The highest BCUT2D eigenvalue weighted by Gasteiger charge is 1.94. The van der Waals surface area contributed by atoms with Gasteiger partial charge in [-0.2, -0.15) is 0 Å². The van der Waals surface area contributed by atoms with Crippen LogP contribution >= 0.6 is 15.9 Å². The third-order valence-corrected chi connectivity index (χ3v) is 2.24. The van der Waals surface area contributed by atoms with Crippen molar-refractivity contribution in [3.05, 3.63) is 34.3 Å². The summed E-state index contributed by atoms with van der Waals surface area (Å²) in [4.78, 5) is 0. The van der Waals surface area contributed by atoms with E-state index in [4.69, 9.17) is 5.41 Å². The molecule has 0 saturated heterocycles. The van der Waals surface area contributed by atoms with Gasteiger partial charge in [-0.05, 0) is 17.7 Å². The molecule has 0 aromatic heterocycles. The Kier molecular flexibility index (Phi) is 3.96. The van der Waals surface area contributed by atoms with E-state index in [-0.39, 0.29) is 0 Å². The van der Waals surface area contributed by atoms with Crippen LogP contribution in [0.2, 0.25) is 0 Å². The maximum absolute atomic E-state index is 7.42. The molecule has 0 fully saturated rings. The molecule has 0 bridgehead atoms. The summed E-state index contributed by atoms with van der Waals surface area (Å²) in [6.45, 7) is 2.70. The molecule has 3 heteroatoms. The summed E-state index contributed by atoms with van der Waals surface area (Å²) in [5.41, 5.74) is 1.19. The van der Waals surface area contributed by atoms with E-state index in [2.05, 4.69) is 27.3 Å². The van der Waals surface area contributed by atoms with Gasteiger partial charge in [0, 0.05) is 17.4 Å². The number of rotatable bonds is 3. The molecular weight excluding hydrogens is 228 g/mol. The zero-order valence-electron chi connectivity index (χ0n) is 7.60. The number of hydrogen-bond acceptors (Lipinski definition) is 1. The molecule has 0 saturated carbocycles. The van der Waals surface area contributed by atoms with Gasteiger partial charge in [0.1, 0.15) is 0 Å². The summed E-state index contributed by atoms with van der Waals surface area (Å²) >= 11 is 3.40. The molecule has 1 rings (SSSR count). The zero-order valence-corrected chi connectivity index (χ0v) is 9.19. The van der Waals surface area contributed by atoms with E-state index >= 15 is 0 Å². The largest absolute Gasteiger partial charge is 0.370 e. The van der Waals surface area contributed by atoms with Gasteiger partial charge in [-0.25, -0.2) is 0 Å². The zero-order chi connectivity index (χ0) is 9.68. The lowest BCUT2D eigenvalue weighted by Gasteiger charge is -2.05. The minimum absolute atomic E-state index is 0.583. The summed E-state index contributed by atoms with van der Waals surface area (Å²) in [5.74, 6) is 0.583. The predicted octanol–water partition coefficient (Wildman–Crippen LogP) is 2.93. The van der Waals surface area contributed by atoms with Crippen LogP contribution in [0.1, 0.15) is 18.9 Å². The van der Waals surface area contributed by atoms with Crippen LogP contribution in [0.25, 0.3) is 0 Å². The molecule has 0 amide bonds. The second kappa shape index (κ2) is 5.02. The van der Waals surface area contributed by atoms with Crippen LogP contribution in [0.4, 0.5) is 0 Å². The average molecular weight is 241 g/mol. The molecule has 0 aliphatic heterocycles. The first-order valence-corrected chi connectivity index (χ1v) is 5.07. The minimum Gasteiger partial charge on any atom is -0.370 e. The summed E-state index contributed by atoms with van der Waals surface area (Å²) in [6.07, 6.45) is 0.758. The van der Waals surface area contributed by atoms with Gasteiger partial charge in [0.05, 0.1) is 5.84 Å². The maximum atomic E-state index is 7.42. The summed E-state index contributed by atoms with van der Waals surface area (Å²) in [6, 6.07) is 8.09. The quantitative estimate of drug-likeness (QED) is 0.619. The van der Waals surface area contributed by atoms with Crippen molar-refractivity contribution < 1.29 is 0 Å². The van der Waals surface area contributed by atoms with Gasteiger partial charge in [0.2, 0.25) is 0 Å². The summed E-state index contributed by atoms with van der Waals surface area (Å²) in [7, 11) is 0. The Labute approximate surface area is 87.0 Å². The summed E-state index contributed by atoms with van der Waals surface area (Å²) in [5, 5.41) is 10.5. The minimum atomic E-state index is 0.583. The average Bonchev–Trinajstić information content (AvgIpc) is 2.14. The fourth-order valence-electron chi connectivity index (χ4n) is 0.981. The van der Waals surface area contributed by atoms with E-state index < -0.39 is 0 Å². The van der Waals surface area contributed by atoms with Gasteiger partial charge < -0.3 is 5.32 Å². The van der Waals surface area contributed by atoms with Gasteiger partial charge in [-0.1, -0.05) is 35.0 Å². The predicted molar refractivity (Wildman–Crippen MR) is 59.0 cm³/mol. The molecule has 0 heterocycles. The third kappa shape index (κ3) is 3.59. The van der Waals surface area contributed by atoms with Crippen LogP contribution < -0.4 is 5.32 Å². The van der Waals surface area contributed by atoms with Gasteiger partial charge in [-0.3, -0.25) is 5.41 Å². The Morgan fingerprint density at radius 2 is 2.31 bits per heavy atom. The lowest BCUT2D eigenvalue weighted by Crippen LogP contribution is -2.20. The van der Waals surface area contributed by atoms with Crippen LogP contribution in [-0.2, 0) is 6.54 Å². The van der Waals surface area contributed by atoms with Crippen molar-refractivity contribution in [3.8, 4) is 0 Å². The first-order valence-electron chi connectivity index (χ1n) is 4.28. The molecule has 1 aromatic carbocycles. The van der Waals surface area contributed by atoms with Gasteiger partial charge in [0.25, 0.3) is 0 Å². The second-order valence-corrected chi connectivity index (χ2v) is 3.73. The number of hydrogen-bond donors (Lipinski definition) is 2. The topological polar surface area (TPSA) is 35.9 Å². The Hall–Kier alpha value is -0.830. The van der Waals surface area contributed by atoms with E-state index in [1.165, 1.54) is 5.56 Å². The van der Waals surface area contributed by atoms with Gasteiger partial charge in [0.15, 0.2) is 0 Å². The molecule has 0 aliphatic rings. The molecule has 0 atom stereocenters. The van der Waals surface area contributed by atoms with E-state index in [1.807, 2.05) is 25.1 Å². The van der Waals surface area contributed by atoms with Crippen molar-refractivity contribution in [2.24, 2.45) is 0 Å². The number of benzene rings is 1. The monoisotopic (exact) mass is 240 g/mol. The van der Waals surface area contributed by atoms with Crippen LogP contribution in [0, 0.1) is 5.41 Å². The van der Waals surface area contributed by atoms with Crippen molar-refractivity contribution >= 4 is 21.8 Å². The van der Waals surface area contributed by atoms with Gasteiger partial charge in [-0.15, -0.1) is 0 Å². The second-order valence-electron chi connectivity index (χ2n) is 2.82. The van der Waals surface area contributed by atoms with Gasteiger partial charge >= 0.3 is 0 Å². The Balaban J connectivity index is 2.50. The number of amidine groups is 1. The molecule has 0 radical (unpaired) electrons. The van der Waals surface area contributed by atoms with E-state index in [0.717, 1.165) is 17.4 Å². The van der Waals surface area contributed by atoms with Crippen LogP contribution in [0.5, 0.6) is 0 Å². The highest BCUT2D eigenvalue weighted by Crippen LogP contribution is 2.11. The van der Waals surface area contributed by atoms with Crippen molar-refractivity contribution in [1.82, 2.24) is 5.32 Å². The van der Waals surface area contributed by atoms with E-state index in [1.54, 1.807) is 0 Å². The maximum Gasteiger partial charge on any atom is 0.0931 e. The lowest BCUT2D eigenvalue weighted by atomic mass is 10.2. The molecular formula is C10H13BrN2. The first-order chi connectivity index (χ1) is 6.22. The molecule has 1 aromatic rings. The molecule has 2 nitrogen and oxygen atoms in total. The van der Waals surface area contributed by atoms with Crippen molar-refractivity contribution in [2.45, 2.75) is 19.9 Å². The number of halogens is 1. The highest BCUT2D eigenvalue weighted by molar-refractivity contribution is 9.10. The van der Waals surface area contributed by atoms with Crippen LogP contribution in [-0.4, -0.2) is 5.84 Å². The van der Waals surface area contributed by atoms with E-state index in [9.17, 15) is 0 Å². The molecule has 0 aliphatic carbocycles. The van der Waals surface area contributed by atoms with Crippen molar-refractivity contribution in [2.75, 3.05) is 0 Å². The Morgan fingerprint density at radius 3 is 2.92 bits per heavy atom. The molecule has 2 N–H and O–H groups in total.